The molecule has 1 unspecified atom stereocenters. The van der Waals surface area contributed by atoms with Crippen molar-refractivity contribution in [3.05, 3.63) is 148 Å². The van der Waals surface area contributed by atoms with E-state index in [1.807, 2.05) is 0 Å². The van der Waals surface area contributed by atoms with Gasteiger partial charge in [0.15, 0.2) is 0 Å². The SMILES string of the molecule is Cc1cccc(C(c2cccc(C)c2)(c2cccc(C)c2)C2C=Cc3ccccc32)c1. The van der Waals surface area contributed by atoms with Crippen molar-refractivity contribution in [3.8, 4) is 0 Å². The predicted octanol–water partition coefficient (Wildman–Crippen LogP) is 7.76. The molecule has 0 nitrogen and oxygen atoms in total. The molecule has 1 aliphatic carbocycles. The lowest BCUT2D eigenvalue weighted by atomic mass is 9.60. The molecule has 0 heteroatoms. The molecule has 0 saturated heterocycles. The molecule has 0 N–H and O–H groups in total. The lowest BCUT2D eigenvalue weighted by Gasteiger charge is -2.41. The highest BCUT2D eigenvalue weighted by Gasteiger charge is 2.45. The fourth-order valence-electron chi connectivity index (χ4n) is 5.34. The summed E-state index contributed by atoms with van der Waals surface area (Å²) >= 11 is 0. The molecule has 5 rings (SSSR count). The molecular formula is C31H28. The van der Waals surface area contributed by atoms with Gasteiger partial charge in [0.2, 0.25) is 0 Å². The number of hydrogen-bond acceptors (Lipinski definition) is 0. The highest BCUT2D eigenvalue weighted by molar-refractivity contribution is 5.68. The van der Waals surface area contributed by atoms with E-state index >= 15 is 0 Å². The van der Waals surface area contributed by atoms with Crippen LogP contribution >= 0.6 is 0 Å². The van der Waals surface area contributed by atoms with Gasteiger partial charge in [-0.2, -0.15) is 0 Å². The minimum Gasteiger partial charge on any atom is -0.0748 e. The number of fused-ring (bicyclic) bond motifs is 1. The second kappa shape index (κ2) is 7.71. The summed E-state index contributed by atoms with van der Waals surface area (Å²) in [6.45, 7) is 6.58. The van der Waals surface area contributed by atoms with Crippen LogP contribution in [0.5, 0.6) is 0 Å². The first-order chi connectivity index (χ1) is 15.1. The zero-order chi connectivity index (χ0) is 21.4. The molecule has 152 valence electrons. The number of hydrogen-bond donors (Lipinski definition) is 0. The molecule has 31 heavy (non-hydrogen) atoms. The lowest BCUT2D eigenvalue weighted by molar-refractivity contribution is 0.554. The normalized spacial score (nSPS) is 15.1. The van der Waals surface area contributed by atoms with Gasteiger partial charge < -0.3 is 0 Å². The fourth-order valence-corrected chi connectivity index (χ4v) is 5.34. The van der Waals surface area contributed by atoms with Gasteiger partial charge in [-0.15, -0.1) is 0 Å². The predicted molar refractivity (Wildman–Crippen MR) is 132 cm³/mol. The Morgan fingerprint density at radius 2 is 1.03 bits per heavy atom. The Kier molecular flexibility index (Phi) is 4.87. The maximum atomic E-state index is 2.41. The fraction of sp³-hybridized carbons (Fsp3) is 0.161. The first kappa shape index (κ1) is 19.6. The summed E-state index contributed by atoms with van der Waals surface area (Å²) in [7, 11) is 0. The third kappa shape index (κ3) is 3.24. The van der Waals surface area contributed by atoms with Crippen molar-refractivity contribution in [1.29, 1.82) is 0 Å². The minimum atomic E-state index is -0.312. The van der Waals surface area contributed by atoms with E-state index in [1.54, 1.807) is 0 Å². The Balaban J connectivity index is 1.92. The van der Waals surface area contributed by atoms with Crippen LogP contribution in [0.15, 0.2) is 103 Å². The van der Waals surface area contributed by atoms with Crippen LogP contribution in [0.3, 0.4) is 0 Å². The van der Waals surface area contributed by atoms with Gasteiger partial charge in [0.05, 0.1) is 5.41 Å². The van der Waals surface area contributed by atoms with Crippen molar-refractivity contribution >= 4 is 6.08 Å². The minimum absolute atomic E-state index is 0.217. The second-order valence-electron chi connectivity index (χ2n) is 8.88. The van der Waals surface area contributed by atoms with Crippen molar-refractivity contribution in [3.63, 3.8) is 0 Å². The molecular weight excluding hydrogens is 372 g/mol. The van der Waals surface area contributed by atoms with E-state index < -0.39 is 0 Å². The summed E-state index contributed by atoms with van der Waals surface area (Å²) in [5.74, 6) is 0.217. The molecule has 0 fully saturated rings. The topological polar surface area (TPSA) is 0 Å². The molecule has 0 bridgehead atoms. The summed E-state index contributed by atoms with van der Waals surface area (Å²) in [5, 5.41) is 0. The molecule has 4 aromatic rings. The highest BCUT2D eigenvalue weighted by atomic mass is 14.5. The maximum absolute atomic E-state index is 2.41. The summed E-state index contributed by atoms with van der Waals surface area (Å²) in [6, 6.07) is 36.1. The molecule has 4 aromatic carbocycles. The average Bonchev–Trinajstić information content (AvgIpc) is 3.19. The first-order valence-corrected chi connectivity index (χ1v) is 11.1. The van der Waals surface area contributed by atoms with Gasteiger partial charge in [-0.1, -0.05) is 126 Å². The largest absolute Gasteiger partial charge is 0.0748 e. The van der Waals surface area contributed by atoms with Crippen LogP contribution < -0.4 is 0 Å². The zero-order valence-electron chi connectivity index (χ0n) is 18.5. The van der Waals surface area contributed by atoms with Crippen molar-refractivity contribution in [2.24, 2.45) is 0 Å². The molecule has 0 aromatic heterocycles. The summed E-state index contributed by atoms with van der Waals surface area (Å²) in [5.41, 5.74) is 10.3. The van der Waals surface area contributed by atoms with Gasteiger partial charge >= 0.3 is 0 Å². The first-order valence-electron chi connectivity index (χ1n) is 11.1. The molecule has 0 amide bonds. The monoisotopic (exact) mass is 400 g/mol. The average molecular weight is 401 g/mol. The van der Waals surface area contributed by atoms with Crippen molar-refractivity contribution in [1.82, 2.24) is 0 Å². The van der Waals surface area contributed by atoms with Crippen LogP contribution in [0.25, 0.3) is 6.08 Å². The Bertz CT molecular complexity index is 1160. The highest BCUT2D eigenvalue weighted by Crippen LogP contribution is 2.53. The van der Waals surface area contributed by atoms with Crippen LogP contribution in [-0.4, -0.2) is 0 Å². The van der Waals surface area contributed by atoms with Gasteiger partial charge in [-0.05, 0) is 48.6 Å². The van der Waals surface area contributed by atoms with Crippen LogP contribution in [0.1, 0.15) is 50.4 Å². The summed E-state index contributed by atoms with van der Waals surface area (Å²) in [4.78, 5) is 0. The van der Waals surface area contributed by atoms with E-state index in [0.29, 0.717) is 0 Å². The Morgan fingerprint density at radius 3 is 1.52 bits per heavy atom. The quantitative estimate of drug-likeness (QED) is 0.307. The van der Waals surface area contributed by atoms with Crippen molar-refractivity contribution < 1.29 is 0 Å². The lowest BCUT2D eigenvalue weighted by Crippen LogP contribution is -2.35. The Hall–Kier alpha value is -3.38. The van der Waals surface area contributed by atoms with Gasteiger partial charge in [0, 0.05) is 5.92 Å². The van der Waals surface area contributed by atoms with E-state index in [-0.39, 0.29) is 11.3 Å². The molecule has 0 spiro atoms. The third-order valence-electron chi connectivity index (χ3n) is 6.69. The van der Waals surface area contributed by atoms with E-state index in [4.69, 9.17) is 0 Å². The zero-order valence-corrected chi connectivity index (χ0v) is 18.5. The van der Waals surface area contributed by atoms with Crippen LogP contribution in [-0.2, 0) is 5.41 Å². The number of rotatable bonds is 4. The van der Waals surface area contributed by atoms with Crippen LogP contribution in [0, 0.1) is 20.8 Å². The Morgan fingerprint density at radius 1 is 0.548 bits per heavy atom. The van der Waals surface area contributed by atoms with E-state index in [9.17, 15) is 0 Å². The van der Waals surface area contributed by atoms with Gasteiger partial charge in [0.25, 0.3) is 0 Å². The molecule has 0 heterocycles. The number of aryl methyl sites for hydroxylation is 3. The molecule has 0 saturated carbocycles. The molecule has 1 atom stereocenters. The van der Waals surface area contributed by atoms with Gasteiger partial charge in [-0.25, -0.2) is 0 Å². The van der Waals surface area contributed by atoms with E-state index in [1.165, 1.54) is 44.5 Å². The number of benzene rings is 4. The van der Waals surface area contributed by atoms with Gasteiger partial charge in [-0.3, -0.25) is 0 Å². The molecule has 0 aliphatic heterocycles. The number of allylic oxidation sites excluding steroid dienone is 1. The third-order valence-corrected chi connectivity index (χ3v) is 6.69. The van der Waals surface area contributed by atoms with E-state index in [2.05, 4.69) is 130 Å². The summed E-state index contributed by atoms with van der Waals surface area (Å²) in [6.07, 6.45) is 4.72. The van der Waals surface area contributed by atoms with Crippen LogP contribution in [0.2, 0.25) is 0 Å². The van der Waals surface area contributed by atoms with Crippen molar-refractivity contribution in [2.75, 3.05) is 0 Å². The van der Waals surface area contributed by atoms with Crippen molar-refractivity contribution in [2.45, 2.75) is 32.1 Å². The van der Waals surface area contributed by atoms with Crippen LogP contribution in [0.4, 0.5) is 0 Å². The Labute approximate surface area is 185 Å². The summed E-state index contributed by atoms with van der Waals surface area (Å²) < 4.78 is 0. The smallest absolute Gasteiger partial charge is 0.0554 e. The van der Waals surface area contributed by atoms with E-state index in [0.717, 1.165) is 0 Å². The maximum Gasteiger partial charge on any atom is 0.0554 e. The standard InChI is InChI=1S/C31H28/c1-22-9-6-13-26(19-22)31(27-14-7-10-23(2)20-27,28-15-8-11-24(3)21-28)30-18-17-25-12-4-5-16-29(25)30/h4-21,30H,1-3H3. The molecule has 1 aliphatic rings. The van der Waals surface area contributed by atoms with Gasteiger partial charge in [0.1, 0.15) is 0 Å². The second-order valence-corrected chi connectivity index (χ2v) is 8.88. The molecule has 0 radical (unpaired) electrons.